The van der Waals surface area contributed by atoms with Crippen molar-refractivity contribution in [2.75, 3.05) is 19.4 Å². The molecule has 3 rings (SSSR count). The molecule has 1 heterocycles. The Bertz CT molecular complexity index is 932. The Kier molecular flexibility index (Phi) is 6.59. The van der Waals surface area contributed by atoms with Gasteiger partial charge in [0.15, 0.2) is 0 Å². The molecule has 0 atom stereocenters. The molecule has 0 fully saturated rings. The molecule has 7 nitrogen and oxygen atoms in total. The second-order valence-corrected chi connectivity index (χ2v) is 6.84. The van der Waals surface area contributed by atoms with Crippen LogP contribution in [-0.2, 0) is 11.3 Å². The van der Waals surface area contributed by atoms with Crippen LogP contribution < -0.4 is 4.74 Å². The van der Waals surface area contributed by atoms with Crippen molar-refractivity contribution in [1.29, 1.82) is 0 Å². The molecule has 0 saturated heterocycles. The summed E-state index contributed by atoms with van der Waals surface area (Å²) < 4.78 is 20.1. The normalized spacial score (nSPS) is 10.7. The third-order valence-electron chi connectivity index (χ3n) is 4.08. The number of benzene rings is 2. The molecule has 0 saturated carbocycles. The number of amides is 1. The fraction of sp³-hybridized carbons (Fsp3) is 0.263. The number of carbonyl (C=O) groups is 1. The van der Waals surface area contributed by atoms with Crippen LogP contribution in [0.3, 0.4) is 0 Å². The van der Waals surface area contributed by atoms with Crippen LogP contribution in [0.15, 0.2) is 53.7 Å². The van der Waals surface area contributed by atoms with E-state index in [9.17, 15) is 9.18 Å². The number of ether oxygens (including phenoxy) is 1. The molecule has 28 heavy (non-hydrogen) atoms. The average Bonchev–Trinajstić information content (AvgIpc) is 3.19. The highest BCUT2D eigenvalue weighted by atomic mass is 32.2. The number of hydrogen-bond acceptors (Lipinski definition) is 6. The van der Waals surface area contributed by atoms with Crippen LogP contribution in [0.25, 0.3) is 5.69 Å². The van der Waals surface area contributed by atoms with E-state index in [1.165, 1.54) is 23.9 Å². The number of halogens is 1. The van der Waals surface area contributed by atoms with Crippen molar-refractivity contribution in [3.05, 3.63) is 59.9 Å². The van der Waals surface area contributed by atoms with E-state index in [0.29, 0.717) is 18.2 Å². The van der Waals surface area contributed by atoms with Gasteiger partial charge in [-0.15, -0.1) is 5.10 Å². The van der Waals surface area contributed by atoms with Gasteiger partial charge in [0.1, 0.15) is 11.6 Å². The standard InChI is InChI=1S/C19H20FN5O2S/c1-3-24(12-14-5-4-6-15(20)11-14)18(26)13-28-19-21-22-23-25(19)16-7-9-17(27-2)10-8-16/h4-11H,3,12-13H2,1-2H3. The first-order chi connectivity index (χ1) is 13.6. The largest absolute Gasteiger partial charge is 0.497 e. The SMILES string of the molecule is CCN(Cc1cccc(F)c1)C(=O)CSc1nnnn1-c1ccc(OC)cc1. The molecule has 9 heteroatoms. The summed E-state index contributed by atoms with van der Waals surface area (Å²) in [5.41, 5.74) is 1.52. The second-order valence-electron chi connectivity index (χ2n) is 5.90. The Morgan fingerprint density at radius 1 is 1.25 bits per heavy atom. The number of methoxy groups -OCH3 is 1. The summed E-state index contributed by atoms with van der Waals surface area (Å²) in [5, 5.41) is 12.2. The fourth-order valence-electron chi connectivity index (χ4n) is 2.60. The molecule has 1 aromatic heterocycles. The molecule has 2 aromatic carbocycles. The van der Waals surface area contributed by atoms with Crippen LogP contribution in [-0.4, -0.2) is 50.4 Å². The predicted octanol–water partition coefficient (Wildman–Crippen LogP) is 2.95. The van der Waals surface area contributed by atoms with Crippen molar-refractivity contribution in [3.8, 4) is 11.4 Å². The lowest BCUT2D eigenvalue weighted by atomic mass is 10.2. The zero-order valence-corrected chi connectivity index (χ0v) is 16.4. The third kappa shape index (κ3) is 4.86. The maximum absolute atomic E-state index is 13.4. The highest BCUT2D eigenvalue weighted by molar-refractivity contribution is 7.99. The molecule has 1 amide bonds. The van der Waals surface area contributed by atoms with E-state index in [2.05, 4.69) is 15.5 Å². The van der Waals surface area contributed by atoms with Crippen molar-refractivity contribution in [3.63, 3.8) is 0 Å². The number of thioether (sulfide) groups is 1. The zero-order chi connectivity index (χ0) is 19.9. The Labute approximate surface area is 166 Å². The van der Waals surface area contributed by atoms with E-state index in [0.717, 1.165) is 17.0 Å². The lowest BCUT2D eigenvalue weighted by Crippen LogP contribution is -2.31. The maximum Gasteiger partial charge on any atom is 0.233 e. The molecule has 0 N–H and O–H groups in total. The summed E-state index contributed by atoms with van der Waals surface area (Å²) in [5.74, 6) is 0.534. The lowest BCUT2D eigenvalue weighted by Gasteiger charge is -2.20. The molecule has 146 valence electrons. The zero-order valence-electron chi connectivity index (χ0n) is 15.6. The van der Waals surface area contributed by atoms with E-state index in [1.807, 2.05) is 31.2 Å². The first-order valence-corrected chi connectivity index (χ1v) is 9.67. The van der Waals surface area contributed by atoms with Gasteiger partial charge in [0, 0.05) is 13.1 Å². The topological polar surface area (TPSA) is 73.1 Å². The van der Waals surface area contributed by atoms with E-state index in [-0.39, 0.29) is 17.5 Å². The van der Waals surface area contributed by atoms with Crippen molar-refractivity contribution >= 4 is 17.7 Å². The Hall–Kier alpha value is -2.94. The van der Waals surface area contributed by atoms with Crippen molar-refractivity contribution in [2.45, 2.75) is 18.6 Å². The second kappa shape index (κ2) is 9.32. The number of tetrazole rings is 1. The van der Waals surface area contributed by atoms with Gasteiger partial charge in [-0.05, 0) is 59.3 Å². The molecule has 0 radical (unpaired) electrons. The van der Waals surface area contributed by atoms with Gasteiger partial charge in [0.25, 0.3) is 0 Å². The van der Waals surface area contributed by atoms with Crippen LogP contribution in [0, 0.1) is 5.82 Å². The van der Waals surface area contributed by atoms with Gasteiger partial charge in [-0.25, -0.2) is 4.39 Å². The van der Waals surface area contributed by atoms with Crippen molar-refractivity contribution in [2.24, 2.45) is 0 Å². The van der Waals surface area contributed by atoms with Gasteiger partial charge in [0.2, 0.25) is 11.1 Å². The maximum atomic E-state index is 13.4. The minimum atomic E-state index is -0.311. The molecule has 0 unspecified atom stereocenters. The molecule has 3 aromatic rings. The number of nitrogens with zero attached hydrogens (tertiary/aromatic N) is 5. The van der Waals surface area contributed by atoms with Crippen molar-refractivity contribution < 1.29 is 13.9 Å². The molecular weight excluding hydrogens is 381 g/mol. The summed E-state index contributed by atoms with van der Waals surface area (Å²) in [6.07, 6.45) is 0. The van der Waals surface area contributed by atoms with Gasteiger partial charge in [-0.2, -0.15) is 4.68 Å². The van der Waals surface area contributed by atoms with Crippen LogP contribution in [0.5, 0.6) is 5.75 Å². The summed E-state index contributed by atoms with van der Waals surface area (Å²) in [6, 6.07) is 13.6. The van der Waals surface area contributed by atoms with Gasteiger partial charge in [0.05, 0.1) is 18.6 Å². The van der Waals surface area contributed by atoms with E-state index < -0.39 is 0 Å². The van der Waals surface area contributed by atoms with Gasteiger partial charge in [-0.1, -0.05) is 23.9 Å². The minimum Gasteiger partial charge on any atom is -0.497 e. The highest BCUT2D eigenvalue weighted by Crippen LogP contribution is 2.21. The smallest absolute Gasteiger partial charge is 0.233 e. The summed E-state index contributed by atoms with van der Waals surface area (Å²) in [7, 11) is 1.60. The van der Waals surface area contributed by atoms with E-state index >= 15 is 0 Å². The minimum absolute atomic E-state index is 0.0685. The van der Waals surface area contributed by atoms with Crippen LogP contribution in [0.4, 0.5) is 4.39 Å². The highest BCUT2D eigenvalue weighted by Gasteiger charge is 2.16. The molecule has 0 aliphatic rings. The third-order valence-corrected chi connectivity index (χ3v) is 4.98. The van der Waals surface area contributed by atoms with Crippen LogP contribution >= 0.6 is 11.8 Å². The summed E-state index contributed by atoms with van der Waals surface area (Å²) in [4.78, 5) is 14.3. The molecular formula is C19H20FN5O2S. The van der Waals surface area contributed by atoms with Crippen molar-refractivity contribution in [1.82, 2.24) is 25.1 Å². The van der Waals surface area contributed by atoms with Crippen LogP contribution in [0.1, 0.15) is 12.5 Å². The lowest BCUT2D eigenvalue weighted by molar-refractivity contribution is -0.128. The summed E-state index contributed by atoms with van der Waals surface area (Å²) >= 11 is 1.25. The predicted molar refractivity (Wildman–Crippen MR) is 104 cm³/mol. The fourth-order valence-corrected chi connectivity index (χ4v) is 3.40. The monoisotopic (exact) mass is 401 g/mol. The average molecular weight is 401 g/mol. The van der Waals surface area contributed by atoms with Crippen LogP contribution in [0.2, 0.25) is 0 Å². The number of hydrogen-bond donors (Lipinski definition) is 0. The van der Waals surface area contributed by atoms with Gasteiger partial charge < -0.3 is 9.64 Å². The molecule has 0 aliphatic heterocycles. The van der Waals surface area contributed by atoms with E-state index in [1.54, 1.807) is 28.8 Å². The number of aromatic nitrogens is 4. The van der Waals surface area contributed by atoms with Gasteiger partial charge in [-0.3, -0.25) is 4.79 Å². The Morgan fingerprint density at radius 2 is 2.04 bits per heavy atom. The molecule has 0 spiro atoms. The Morgan fingerprint density at radius 3 is 2.71 bits per heavy atom. The molecule has 0 bridgehead atoms. The number of carbonyl (C=O) groups excluding carboxylic acids is 1. The molecule has 0 aliphatic carbocycles. The number of rotatable bonds is 8. The Balaban J connectivity index is 1.64. The quantitative estimate of drug-likeness (QED) is 0.541. The first kappa shape index (κ1) is 19.8. The summed E-state index contributed by atoms with van der Waals surface area (Å²) in [6.45, 7) is 2.78. The van der Waals surface area contributed by atoms with Gasteiger partial charge >= 0.3 is 0 Å². The first-order valence-electron chi connectivity index (χ1n) is 8.68. The van der Waals surface area contributed by atoms with E-state index in [4.69, 9.17) is 4.74 Å².